The van der Waals surface area contributed by atoms with Gasteiger partial charge in [-0.25, -0.2) is 4.79 Å². The van der Waals surface area contributed by atoms with Crippen LogP contribution in [0, 0.1) is 0 Å². The number of aromatic amines is 1. The number of piperazine rings is 2. The highest BCUT2D eigenvalue weighted by Crippen LogP contribution is 2.23. The van der Waals surface area contributed by atoms with Gasteiger partial charge in [0, 0.05) is 70.2 Å². The predicted octanol–water partition coefficient (Wildman–Crippen LogP) is 2.69. The lowest BCUT2D eigenvalue weighted by Gasteiger charge is -2.37. The lowest BCUT2D eigenvalue weighted by atomic mass is 10.1. The lowest BCUT2D eigenvalue weighted by molar-refractivity contribution is 0.0139. The number of para-hydroxylation sites is 1. The van der Waals surface area contributed by atoms with Crippen molar-refractivity contribution in [3.05, 3.63) is 84.8 Å². The summed E-state index contributed by atoms with van der Waals surface area (Å²) in [6, 6.07) is 15.9. The molecule has 3 aromatic rings. The van der Waals surface area contributed by atoms with Crippen molar-refractivity contribution in [3.8, 4) is 0 Å². The molecule has 3 heterocycles. The van der Waals surface area contributed by atoms with E-state index in [1.54, 1.807) is 4.90 Å². The quantitative estimate of drug-likeness (QED) is 0.493. The molecule has 2 aliphatic rings. The van der Waals surface area contributed by atoms with Crippen LogP contribution in [-0.4, -0.2) is 89.6 Å². The highest BCUT2D eigenvalue weighted by Gasteiger charge is 2.26. The molecule has 2 aliphatic heterocycles. The van der Waals surface area contributed by atoms with Crippen LogP contribution in [-0.2, 0) is 11.3 Å². The van der Waals surface area contributed by atoms with Gasteiger partial charge in [0.15, 0.2) is 0 Å². The van der Waals surface area contributed by atoms with Crippen LogP contribution in [0.3, 0.4) is 0 Å². The number of nitrogens with one attached hydrogen (secondary N) is 1. The number of thiazole rings is 1. The summed E-state index contributed by atoms with van der Waals surface area (Å²) in [5.41, 5.74) is 3.25. The summed E-state index contributed by atoms with van der Waals surface area (Å²) in [5.74, 6) is 0.0418. The predicted molar refractivity (Wildman–Crippen MR) is 167 cm³/mol. The van der Waals surface area contributed by atoms with E-state index in [0.717, 1.165) is 36.4 Å². The molecule has 2 saturated heterocycles. The Balaban J connectivity index is 1.14. The van der Waals surface area contributed by atoms with E-state index >= 15 is 0 Å². The number of H-pyrrole nitrogens is 1. The Kier molecular flexibility index (Phi) is 8.84. The number of anilines is 1. The fourth-order valence-corrected chi connectivity index (χ4v) is 6.02. The van der Waals surface area contributed by atoms with Crippen molar-refractivity contribution in [1.29, 1.82) is 0 Å². The van der Waals surface area contributed by atoms with Gasteiger partial charge in [-0.2, -0.15) is 0 Å². The van der Waals surface area contributed by atoms with Crippen LogP contribution in [0.25, 0.3) is 12.7 Å². The SMILES string of the molecule is C=c1[nH]c(=O)/c(=C/c2ccccc2N2CCN(C(=O)c3ccc(CN4CCN(C(=O)OC(C)(C)C)CC4)cc3)CC2)s1. The van der Waals surface area contributed by atoms with Crippen molar-refractivity contribution in [3.63, 3.8) is 0 Å². The first-order valence-electron chi connectivity index (χ1n) is 14.4. The average molecular weight is 590 g/mol. The van der Waals surface area contributed by atoms with E-state index in [1.165, 1.54) is 11.3 Å². The molecule has 0 bridgehead atoms. The summed E-state index contributed by atoms with van der Waals surface area (Å²) < 4.78 is 6.76. The van der Waals surface area contributed by atoms with Crippen LogP contribution in [0.2, 0.25) is 0 Å². The maximum atomic E-state index is 13.3. The summed E-state index contributed by atoms with van der Waals surface area (Å²) in [6.45, 7) is 15.8. The maximum Gasteiger partial charge on any atom is 0.410 e. The van der Waals surface area contributed by atoms with E-state index in [1.807, 2.05) is 74.2 Å². The number of ether oxygens (including phenoxy) is 1. The monoisotopic (exact) mass is 589 g/mol. The Morgan fingerprint density at radius 2 is 1.57 bits per heavy atom. The van der Waals surface area contributed by atoms with E-state index in [-0.39, 0.29) is 17.6 Å². The molecular weight excluding hydrogens is 550 g/mol. The Morgan fingerprint density at radius 1 is 0.929 bits per heavy atom. The van der Waals surface area contributed by atoms with Crippen molar-refractivity contribution >= 4 is 41.7 Å². The average Bonchev–Trinajstić information content (AvgIpc) is 3.29. The minimum Gasteiger partial charge on any atom is -0.444 e. The Hall–Kier alpha value is -3.89. The molecule has 0 unspecified atom stereocenters. The molecule has 1 aromatic heterocycles. The van der Waals surface area contributed by atoms with Crippen LogP contribution in [0.1, 0.15) is 42.3 Å². The van der Waals surface area contributed by atoms with Gasteiger partial charge in [-0.1, -0.05) is 36.9 Å². The summed E-state index contributed by atoms with van der Waals surface area (Å²) in [5, 5.41) is 0. The number of rotatable bonds is 5. The second-order valence-corrected chi connectivity index (χ2v) is 12.9. The number of carbonyl (C=O) groups excluding carboxylic acids is 2. The molecule has 5 rings (SSSR count). The van der Waals surface area contributed by atoms with E-state index in [4.69, 9.17) is 4.74 Å². The van der Waals surface area contributed by atoms with Gasteiger partial charge < -0.3 is 24.4 Å². The third kappa shape index (κ3) is 7.30. The molecule has 222 valence electrons. The van der Waals surface area contributed by atoms with Gasteiger partial charge in [-0.3, -0.25) is 14.5 Å². The molecule has 0 saturated carbocycles. The summed E-state index contributed by atoms with van der Waals surface area (Å²) in [7, 11) is 0. The zero-order chi connectivity index (χ0) is 29.9. The standard InChI is InChI=1S/C32H39N5O4S/c1-23-33-29(38)28(42-23)21-26-7-5-6-8-27(26)35-17-19-36(20-18-35)30(39)25-11-9-24(10-12-25)22-34-13-15-37(16-14-34)31(40)41-32(2,3)4/h5-12,21H,1,13-20,22H2,2-4H3,(H,33,38)/b28-21-. The van der Waals surface area contributed by atoms with Crippen LogP contribution in [0.15, 0.2) is 53.3 Å². The number of hydrogen-bond donors (Lipinski definition) is 1. The van der Waals surface area contributed by atoms with Crippen molar-refractivity contribution in [1.82, 2.24) is 19.7 Å². The van der Waals surface area contributed by atoms with E-state index in [2.05, 4.69) is 27.4 Å². The highest BCUT2D eigenvalue weighted by atomic mass is 32.1. The van der Waals surface area contributed by atoms with Gasteiger partial charge >= 0.3 is 6.09 Å². The number of carbonyl (C=O) groups is 2. The minimum atomic E-state index is -0.490. The van der Waals surface area contributed by atoms with Crippen molar-refractivity contribution < 1.29 is 14.3 Å². The lowest BCUT2D eigenvalue weighted by Crippen LogP contribution is -2.49. The number of aromatic nitrogens is 1. The van der Waals surface area contributed by atoms with Gasteiger partial charge in [0.25, 0.3) is 11.5 Å². The Bertz CT molecular complexity index is 1570. The fourth-order valence-electron chi connectivity index (χ4n) is 5.29. The molecule has 1 N–H and O–H groups in total. The Labute approximate surface area is 250 Å². The number of nitrogens with zero attached hydrogens (tertiary/aromatic N) is 4. The summed E-state index contributed by atoms with van der Waals surface area (Å²) in [6.07, 6.45) is 1.66. The number of benzene rings is 2. The normalized spacial score (nSPS) is 17.0. The topological polar surface area (TPSA) is 89.2 Å². The molecular formula is C32H39N5O4S. The zero-order valence-electron chi connectivity index (χ0n) is 24.6. The van der Waals surface area contributed by atoms with Crippen LogP contribution >= 0.6 is 11.3 Å². The van der Waals surface area contributed by atoms with Crippen molar-refractivity contribution in [2.24, 2.45) is 0 Å². The maximum absolute atomic E-state index is 13.3. The zero-order valence-corrected chi connectivity index (χ0v) is 25.4. The molecule has 9 nitrogen and oxygen atoms in total. The number of hydrogen-bond acceptors (Lipinski definition) is 7. The first kappa shape index (κ1) is 29.6. The van der Waals surface area contributed by atoms with Gasteiger partial charge in [-0.05, 0) is 56.2 Å². The smallest absolute Gasteiger partial charge is 0.410 e. The summed E-state index contributed by atoms with van der Waals surface area (Å²) in [4.78, 5) is 48.8. The van der Waals surface area contributed by atoms with Crippen LogP contribution in [0.4, 0.5) is 10.5 Å². The molecule has 42 heavy (non-hydrogen) atoms. The van der Waals surface area contributed by atoms with Crippen molar-refractivity contribution in [2.75, 3.05) is 57.3 Å². The molecule has 2 amide bonds. The number of amides is 2. The fraction of sp³-hybridized carbons (Fsp3) is 0.406. The summed E-state index contributed by atoms with van der Waals surface area (Å²) >= 11 is 1.35. The van der Waals surface area contributed by atoms with Crippen molar-refractivity contribution in [2.45, 2.75) is 32.9 Å². The minimum absolute atomic E-state index is 0.0418. The molecule has 2 aromatic carbocycles. The first-order valence-corrected chi connectivity index (χ1v) is 15.2. The molecule has 0 spiro atoms. The van der Waals surface area contributed by atoms with E-state index < -0.39 is 5.60 Å². The molecule has 0 aliphatic carbocycles. The van der Waals surface area contributed by atoms with E-state index in [0.29, 0.717) is 54.0 Å². The molecule has 0 atom stereocenters. The van der Waals surface area contributed by atoms with Gasteiger partial charge in [0.05, 0.1) is 9.20 Å². The van der Waals surface area contributed by atoms with Gasteiger partial charge in [0.2, 0.25) is 0 Å². The van der Waals surface area contributed by atoms with Gasteiger partial charge in [-0.15, -0.1) is 11.3 Å². The first-order chi connectivity index (χ1) is 20.1. The third-order valence-corrected chi connectivity index (χ3v) is 8.34. The highest BCUT2D eigenvalue weighted by molar-refractivity contribution is 7.07. The largest absolute Gasteiger partial charge is 0.444 e. The second-order valence-electron chi connectivity index (χ2n) is 11.8. The molecule has 2 fully saturated rings. The third-order valence-electron chi connectivity index (χ3n) is 7.47. The molecule has 10 heteroatoms. The Morgan fingerprint density at radius 3 is 2.19 bits per heavy atom. The second kappa shape index (κ2) is 12.5. The molecule has 0 radical (unpaired) electrons. The van der Waals surface area contributed by atoms with Gasteiger partial charge in [0.1, 0.15) is 5.60 Å². The van der Waals surface area contributed by atoms with Crippen LogP contribution < -0.4 is 19.7 Å². The van der Waals surface area contributed by atoms with E-state index in [9.17, 15) is 14.4 Å². The van der Waals surface area contributed by atoms with Crippen LogP contribution in [0.5, 0.6) is 0 Å².